The van der Waals surface area contributed by atoms with Gasteiger partial charge in [-0.05, 0) is 61.5 Å². The summed E-state index contributed by atoms with van der Waals surface area (Å²) in [6.07, 6.45) is 0. The summed E-state index contributed by atoms with van der Waals surface area (Å²) >= 11 is 23.7. The molecule has 10 heteroatoms. The highest BCUT2D eigenvalue weighted by molar-refractivity contribution is 7.71. The lowest BCUT2D eigenvalue weighted by Crippen LogP contribution is -2.16. The van der Waals surface area contributed by atoms with Gasteiger partial charge in [0.15, 0.2) is 11.5 Å². The Kier molecular flexibility index (Phi) is 7.29. The molecule has 1 heterocycles. The van der Waals surface area contributed by atoms with Crippen LogP contribution in [0.3, 0.4) is 0 Å². The smallest absolute Gasteiger partial charge is 0.214 e. The molecular formula is C19H19Cl3N4O2S. The molecular weight excluding hydrogens is 455 g/mol. The summed E-state index contributed by atoms with van der Waals surface area (Å²) in [5.74, 6) is 1.76. The number of aromatic nitrogens is 3. The van der Waals surface area contributed by atoms with Gasteiger partial charge in [0.1, 0.15) is 12.4 Å². The van der Waals surface area contributed by atoms with Gasteiger partial charge in [-0.3, -0.25) is 5.10 Å². The van der Waals surface area contributed by atoms with Gasteiger partial charge in [-0.1, -0.05) is 40.9 Å². The van der Waals surface area contributed by atoms with Crippen LogP contribution in [0.25, 0.3) is 0 Å². The molecule has 0 atom stereocenters. The molecule has 0 amide bonds. The van der Waals surface area contributed by atoms with Crippen LogP contribution in [-0.4, -0.2) is 21.5 Å². The molecule has 3 aromatic rings. The van der Waals surface area contributed by atoms with Crippen LogP contribution in [0.15, 0.2) is 30.3 Å². The number of hydrogen-bond acceptors (Lipinski definition) is 5. The Bertz CT molecular complexity index is 1070. The van der Waals surface area contributed by atoms with Crippen LogP contribution in [0.4, 0.5) is 0 Å². The van der Waals surface area contributed by atoms with Crippen molar-refractivity contribution in [3.8, 4) is 11.5 Å². The molecule has 0 unspecified atom stereocenters. The molecule has 29 heavy (non-hydrogen) atoms. The van der Waals surface area contributed by atoms with Gasteiger partial charge in [-0.25, -0.2) is 4.68 Å². The first kappa shape index (κ1) is 21.8. The highest BCUT2D eigenvalue weighted by Gasteiger charge is 2.14. The van der Waals surface area contributed by atoms with E-state index in [-0.39, 0.29) is 6.61 Å². The first-order chi connectivity index (χ1) is 13.9. The van der Waals surface area contributed by atoms with Crippen LogP contribution < -0.4 is 14.9 Å². The van der Waals surface area contributed by atoms with Crippen molar-refractivity contribution < 1.29 is 9.47 Å². The Labute approximate surface area is 188 Å². The quantitative estimate of drug-likeness (QED) is 0.397. The zero-order valence-corrected chi connectivity index (χ0v) is 18.8. The second-order valence-corrected chi connectivity index (χ2v) is 7.73. The summed E-state index contributed by atoms with van der Waals surface area (Å²) < 4.78 is 13.9. The summed E-state index contributed by atoms with van der Waals surface area (Å²) in [6.45, 7) is 4.97. The molecule has 1 aromatic heterocycles. The average Bonchev–Trinajstić information content (AvgIpc) is 3.00. The van der Waals surface area contributed by atoms with Gasteiger partial charge >= 0.3 is 0 Å². The normalized spacial score (nSPS) is 10.8. The van der Waals surface area contributed by atoms with Gasteiger partial charge in [-0.15, -0.1) is 0 Å². The first-order valence-corrected chi connectivity index (χ1v) is 10.3. The second kappa shape index (κ2) is 9.71. The lowest BCUT2D eigenvalue weighted by Gasteiger charge is -2.16. The third-order valence-electron chi connectivity index (χ3n) is 4.02. The molecule has 2 N–H and O–H groups in total. The summed E-state index contributed by atoms with van der Waals surface area (Å²) in [4.78, 5) is 0. The molecule has 2 aromatic carbocycles. The summed E-state index contributed by atoms with van der Waals surface area (Å²) in [6, 6.07) is 9.03. The topological polar surface area (TPSA) is 64.1 Å². The third-order valence-corrected chi connectivity index (χ3v) is 5.31. The highest BCUT2D eigenvalue weighted by Crippen LogP contribution is 2.37. The predicted molar refractivity (Wildman–Crippen MR) is 119 cm³/mol. The molecule has 0 bridgehead atoms. The predicted octanol–water partition coefficient (Wildman–Crippen LogP) is 5.93. The maximum Gasteiger partial charge on any atom is 0.214 e. The van der Waals surface area contributed by atoms with Crippen molar-refractivity contribution in [3.63, 3.8) is 0 Å². The van der Waals surface area contributed by atoms with E-state index in [1.807, 2.05) is 32.0 Å². The lowest BCUT2D eigenvalue weighted by atomic mass is 10.2. The fraction of sp³-hybridized carbons (Fsp3) is 0.263. The van der Waals surface area contributed by atoms with Gasteiger partial charge in [-0.2, -0.15) is 5.10 Å². The molecule has 0 spiro atoms. The van der Waals surface area contributed by atoms with Crippen molar-refractivity contribution in [1.82, 2.24) is 14.9 Å². The SMILES string of the molecule is CCOc1cc(CNn2c(C)n[nH]c2=S)cc(Cl)c1OCc1ccc(Cl)c(Cl)c1. The van der Waals surface area contributed by atoms with E-state index in [9.17, 15) is 0 Å². The number of aryl methyl sites for hydroxylation is 1. The number of H-pyrrole nitrogens is 1. The minimum Gasteiger partial charge on any atom is -0.490 e. The molecule has 0 radical (unpaired) electrons. The number of nitrogens with one attached hydrogen (secondary N) is 2. The Balaban J connectivity index is 1.78. The van der Waals surface area contributed by atoms with Crippen molar-refractivity contribution in [1.29, 1.82) is 0 Å². The molecule has 0 saturated carbocycles. The van der Waals surface area contributed by atoms with Crippen molar-refractivity contribution in [2.24, 2.45) is 0 Å². The van der Waals surface area contributed by atoms with E-state index >= 15 is 0 Å². The summed E-state index contributed by atoms with van der Waals surface area (Å²) in [5.41, 5.74) is 4.97. The fourth-order valence-corrected chi connectivity index (χ4v) is 3.49. The van der Waals surface area contributed by atoms with Gasteiger partial charge in [0, 0.05) is 0 Å². The van der Waals surface area contributed by atoms with Crippen molar-refractivity contribution >= 4 is 47.0 Å². The van der Waals surface area contributed by atoms with E-state index in [2.05, 4.69) is 15.6 Å². The molecule has 6 nitrogen and oxygen atoms in total. The lowest BCUT2D eigenvalue weighted by molar-refractivity contribution is 0.269. The molecule has 0 aliphatic heterocycles. The number of nitrogens with zero attached hydrogens (tertiary/aromatic N) is 2. The number of benzene rings is 2. The van der Waals surface area contributed by atoms with Gasteiger partial charge in [0.05, 0.1) is 28.2 Å². The number of ether oxygens (including phenoxy) is 2. The van der Waals surface area contributed by atoms with Crippen LogP contribution in [0.1, 0.15) is 23.9 Å². The highest BCUT2D eigenvalue weighted by atomic mass is 35.5. The van der Waals surface area contributed by atoms with Crippen molar-refractivity contribution in [3.05, 3.63) is 67.1 Å². The molecule has 3 rings (SSSR count). The average molecular weight is 474 g/mol. The van der Waals surface area contributed by atoms with Crippen LogP contribution in [-0.2, 0) is 13.2 Å². The zero-order chi connectivity index (χ0) is 21.0. The largest absolute Gasteiger partial charge is 0.490 e. The second-order valence-electron chi connectivity index (χ2n) is 6.12. The minimum absolute atomic E-state index is 0.275. The van der Waals surface area contributed by atoms with E-state index < -0.39 is 0 Å². The van der Waals surface area contributed by atoms with E-state index in [1.54, 1.807) is 16.8 Å². The van der Waals surface area contributed by atoms with Crippen LogP contribution in [0, 0.1) is 11.7 Å². The first-order valence-electron chi connectivity index (χ1n) is 8.79. The number of halogens is 3. The monoisotopic (exact) mass is 472 g/mol. The maximum atomic E-state index is 6.49. The van der Waals surface area contributed by atoms with Crippen molar-refractivity contribution in [2.45, 2.75) is 27.0 Å². The number of hydrogen-bond donors (Lipinski definition) is 2. The van der Waals surface area contributed by atoms with Gasteiger partial charge in [0.2, 0.25) is 4.77 Å². The van der Waals surface area contributed by atoms with Crippen LogP contribution in [0.2, 0.25) is 15.1 Å². The fourth-order valence-electron chi connectivity index (χ4n) is 2.64. The van der Waals surface area contributed by atoms with E-state index in [0.717, 1.165) is 17.0 Å². The summed E-state index contributed by atoms with van der Waals surface area (Å²) in [7, 11) is 0. The van der Waals surface area contributed by atoms with Crippen molar-refractivity contribution in [2.75, 3.05) is 12.0 Å². The van der Waals surface area contributed by atoms with Crippen LogP contribution in [0.5, 0.6) is 11.5 Å². The van der Waals surface area contributed by atoms with Gasteiger partial charge < -0.3 is 14.9 Å². The van der Waals surface area contributed by atoms with E-state index in [0.29, 0.717) is 44.5 Å². The van der Waals surface area contributed by atoms with Gasteiger partial charge in [0.25, 0.3) is 0 Å². The maximum absolute atomic E-state index is 6.49. The molecule has 0 aliphatic carbocycles. The minimum atomic E-state index is 0.275. The number of aromatic amines is 1. The Morgan fingerprint density at radius 1 is 1.07 bits per heavy atom. The van der Waals surface area contributed by atoms with Crippen LogP contribution >= 0.6 is 47.0 Å². The third kappa shape index (κ3) is 5.36. The Hall–Kier alpha value is -1.93. The Morgan fingerprint density at radius 2 is 1.83 bits per heavy atom. The molecule has 154 valence electrons. The van der Waals surface area contributed by atoms with E-state index in [4.69, 9.17) is 56.5 Å². The summed E-state index contributed by atoms with van der Waals surface area (Å²) in [5, 5.41) is 8.21. The van der Waals surface area contributed by atoms with E-state index in [1.165, 1.54) is 0 Å². The number of rotatable bonds is 8. The standard InChI is InChI=1S/C19H19Cl3N4O2S/c1-3-27-17-8-13(9-23-26-11(2)24-25-19(26)29)7-16(22)18(17)28-10-12-4-5-14(20)15(21)6-12/h4-8,23H,3,9-10H2,1-2H3,(H,25,29). The Morgan fingerprint density at radius 3 is 2.48 bits per heavy atom. The molecule has 0 fully saturated rings. The molecule has 0 aliphatic rings. The zero-order valence-electron chi connectivity index (χ0n) is 15.8. The molecule has 0 saturated heterocycles.